The zero-order valence-corrected chi connectivity index (χ0v) is 11.1. The molecule has 5 heteroatoms. The molecule has 4 nitrogen and oxygen atoms in total. The van der Waals surface area contributed by atoms with E-state index in [2.05, 4.69) is 18.8 Å². The second-order valence-electron chi connectivity index (χ2n) is 4.60. The van der Waals surface area contributed by atoms with E-state index >= 15 is 0 Å². The van der Waals surface area contributed by atoms with Gasteiger partial charge in [-0.3, -0.25) is 15.1 Å². The summed E-state index contributed by atoms with van der Waals surface area (Å²) in [5.41, 5.74) is 1.32. The highest BCUT2D eigenvalue weighted by molar-refractivity contribution is 6.20. The van der Waals surface area contributed by atoms with Crippen LogP contribution >= 0.6 is 11.6 Å². The van der Waals surface area contributed by atoms with Crippen molar-refractivity contribution in [3.63, 3.8) is 0 Å². The number of nitrogens with zero attached hydrogens (tertiary/aromatic N) is 2. The average molecular weight is 257 g/mol. The van der Waals surface area contributed by atoms with Crippen molar-refractivity contribution >= 4 is 17.3 Å². The Labute approximate surface area is 106 Å². The summed E-state index contributed by atoms with van der Waals surface area (Å²) >= 11 is 6.19. The molecule has 0 N–H and O–H groups in total. The summed E-state index contributed by atoms with van der Waals surface area (Å²) in [6.45, 7) is 5.88. The number of aryl methyl sites for hydroxylation is 1. The first-order valence-corrected chi connectivity index (χ1v) is 6.08. The molecule has 1 aromatic heterocycles. The van der Waals surface area contributed by atoms with Crippen LogP contribution in [0, 0.1) is 23.0 Å². The lowest BCUT2D eigenvalue weighted by molar-refractivity contribution is -0.385. The third-order valence-electron chi connectivity index (χ3n) is 2.47. The van der Waals surface area contributed by atoms with Crippen LogP contribution in [-0.2, 0) is 6.42 Å². The maximum absolute atomic E-state index is 10.6. The Morgan fingerprint density at radius 2 is 2.12 bits per heavy atom. The van der Waals surface area contributed by atoms with Crippen molar-refractivity contribution in [2.45, 2.75) is 39.0 Å². The van der Waals surface area contributed by atoms with Gasteiger partial charge in [-0.25, -0.2) is 0 Å². The monoisotopic (exact) mass is 256 g/mol. The molecule has 1 rings (SSSR count). The predicted molar refractivity (Wildman–Crippen MR) is 68.4 cm³/mol. The van der Waals surface area contributed by atoms with Gasteiger partial charge in [-0.05, 0) is 25.3 Å². The predicted octanol–water partition coefficient (Wildman–Crippen LogP) is 3.49. The molecule has 0 bridgehead atoms. The minimum Gasteiger partial charge on any atom is -0.258 e. The molecule has 1 atom stereocenters. The first kappa shape index (κ1) is 13.9. The highest BCUT2D eigenvalue weighted by atomic mass is 35.5. The molecule has 0 saturated heterocycles. The zero-order valence-electron chi connectivity index (χ0n) is 10.3. The minimum atomic E-state index is -0.418. The van der Waals surface area contributed by atoms with Crippen LogP contribution in [0.1, 0.15) is 31.7 Å². The van der Waals surface area contributed by atoms with Gasteiger partial charge in [0.2, 0.25) is 0 Å². The molecule has 94 valence electrons. The standard InChI is InChI=1S/C12H17ClN2O2/c1-8(2)6-10(13)7-11-4-5-12(15(16)17)9(3)14-11/h4-5,8,10H,6-7H2,1-3H3. The maximum atomic E-state index is 10.6. The van der Waals surface area contributed by atoms with Crippen LogP contribution in [0.25, 0.3) is 0 Å². The number of nitro groups is 1. The molecule has 0 amide bonds. The highest BCUT2D eigenvalue weighted by Gasteiger charge is 2.14. The first-order chi connectivity index (χ1) is 7.90. The van der Waals surface area contributed by atoms with Gasteiger partial charge in [0.25, 0.3) is 5.69 Å². The highest BCUT2D eigenvalue weighted by Crippen LogP contribution is 2.19. The number of alkyl halides is 1. The fourth-order valence-corrected chi connectivity index (χ4v) is 2.25. The largest absolute Gasteiger partial charge is 0.290 e. The second-order valence-corrected chi connectivity index (χ2v) is 5.21. The molecule has 0 radical (unpaired) electrons. The smallest absolute Gasteiger partial charge is 0.258 e. The van der Waals surface area contributed by atoms with E-state index in [0.717, 1.165) is 12.1 Å². The van der Waals surface area contributed by atoms with Gasteiger partial charge >= 0.3 is 0 Å². The van der Waals surface area contributed by atoms with E-state index in [0.29, 0.717) is 18.0 Å². The summed E-state index contributed by atoms with van der Waals surface area (Å²) in [6.07, 6.45) is 1.57. The average Bonchev–Trinajstić information content (AvgIpc) is 2.15. The second kappa shape index (κ2) is 5.96. The molecular formula is C12H17ClN2O2. The molecule has 0 saturated carbocycles. The van der Waals surface area contributed by atoms with Crippen LogP contribution in [0.5, 0.6) is 0 Å². The molecule has 1 heterocycles. The SMILES string of the molecule is Cc1nc(CC(Cl)CC(C)C)ccc1[N+](=O)[O-]. The van der Waals surface area contributed by atoms with Crippen molar-refractivity contribution in [3.05, 3.63) is 33.6 Å². The van der Waals surface area contributed by atoms with Crippen LogP contribution in [0.4, 0.5) is 5.69 Å². The first-order valence-electron chi connectivity index (χ1n) is 5.65. The van der Waals surface area contributed by atoms with Crippen LogP contribution in [0.2, 0.25) is 0 Å². The van der Waals surface area contributed by atoms with Gasteiger partial charge in [0.15, 0.2) is 0 Å². The summed E-state index contributed by atoms with van der Waals surface area (Å²) in [4.78, 5) is 14.4. The molecule has 0 aliphatic heterocycles. The lowest BCUT2D eigenvalue weighted by atomic mass is 10.0. The number of aromatic nitrogens is 1. The number of pyridine rings is 1. The summed E-state index contributed by atoms with van der Waals surface area (Å²) < 4.78 is 0. The summed E-state index contributed by atoms with van der Waals surface area (Å²) in [5.74, 6) is 0.539. The zero-order chi connectivity index (χ0) is 13.0. The Balaban J connectivity index is 2.74. The fraction of sp³-hybridized carbons (Fsp3) is 0.583. The normalized spacial score (nSPS) is 12.8. The van der Waals surface area contributed by atoms with Crippen LogP contribution in [0.15, 0.2) is 12.1 Å². The van der Waals surface area contributed by atoms with Crippen LogP contribution < -0.4 is 0 Å². The number of halogens is 1. The third kappa shape index (κ3) is 4.30. The maximum Gasteiger partial charge on any atom is 0.290 e. The molecule has 0 aliphatic carbocycles. The molecule has 0 spiro atoms. The van der Waals surface area contributed by atoms with Gasteiger partial charge in [-0.15, -0.1) is 11.6 Å². The molecule has 17 heavy (non-hydrogen) atoms. The molecule has 1 aromatic rings. The van der Waals surface area contributed by atoms with Crippen molar-refractivity contribution in [1.82, 2.24) is 4.98 Å². The molecular weight excluding hydrogens is 240 g/mol. The Morgan fingerprint density at radius 1 is 1.47 bits per heavy atom. The summed E-state index contributed by atoms with van der Waals surface area (Å²) in [5, 5.41) is 10.7. The number of hydrogen-bond donors (Lipinski definition) is 0. The van der Waals surface area contributed by atoms with E-state index < -0.39 is 4.92 Å². The van der Waals surface area contributed by atoms with Gasteiger partial charge in [-0.2, -0.15) is 0 Å². The van der Waals surface area contributed by atoms with Gasteiger partial charge in [0, 0.05) is 23.6 Å². The van der Waals surface area contributed by atoms with Gasteiger partial charge < -0.3 is 0 Å². The van der Waals surface area contributed by atoms with E-state index in [1.54, 1.807) is 13.0 Å². The minimum absolute atomic E-state index is 0.0309. The Morgan fingerprint density at radius 3 is 2.59 bits per heavy atom. The fourth-order valence-electron chi connectivity index (χ4n) is 1.73. The van der Waals surface area contributed by atoms with Crippen molar-refractivity contribution in [3.8, 4) is 0 Å². The Hall–Kier alpha value is -1.16. The van der Waals surface area contributed by atoms with Crippen LogP contribution in [0.3, 0.4) is 0 Å². The molecule has 0 aliphatic rings. The molecule has 0 aromatic carbocycles. The van der Waals surface area contributed by atoms with Crippen molar-refractivity contribution in [2.24, 2.45) is 5.92 Å². The van der Waals surface area contributed by atoms with E-state index in [-0.39, 0.29) is 11.1 Å². The molecule has 0 fully saturated rings. The topological polar surface area (TPSA) is 56.0 Å². The quantitative estimate of drug-likeness (QED) is 0.460. The third-order valence-corrected chi connectivity index (χ3v) is 2.80. The summed E-state index contributed by atoms with van der Waals surface area (Å²) in [7, 11) is 0. The van der Waals surface area contributed by atoms with E-state index in [4.69, 9.17) is 11.6 Å². The van der Waals surface area contributed by atoms with Crippen molar-refractivity contribution < 1.29 is 4.92 Å². The molecule has 1 unspecified atom stereocenters. The van der Waals surface area contributed by atoms with E-state index in [9.17, 15) is 10.1 Å². The van der Waals surface area contributed by atoms with Crippen molar-refractivity contribution in [1.29, 1.82) is 0 Å². The Kier molecular flexibility index (Phi) is 4.87. The lowest BCUT2D eigenvalue weighted by Crippen LogP contribution is -2.09. The number of rotatable bonds is 5. The van der Waals surface area contributed by atoms with Gasteiger partial charge in [0.1, 0.15) is 5.69 Å². The lowest BCUT2D eigenvalue weighted by Gasteiger charge is -2.11. The van der Waals surface area contributed by atoms with Crippen LogP contribution in [-0.4, -0.2) is 15.3 Å². The van der Waals surface area contributed by atoms with E-state index in [1.807, 2.05) is 0 Å². The van der Waals surface area contributed by atoms with Gasteiger partial charge in [-0.1, -0.05) is 13.8 Å². The number of hydrogen-bond acceptors (Lipinski definition) is 3. The van der Waals surface area contributed by atoms with Gasteiger partial charge in [0.05, 0.1) is 4.92 Å². The summed E-state index contributed by atoms with van der Waals surface area (Å²) in [6, 6.07) is 3.18. The Bertz CT molecular complexity index is 407. The van der Waals surface area contributed by atoms with Crippen molar-refractivity contribution in [2.75, 3.05) is 0 Å². The van der Waals surface area contributed by atoms with E-state index in [1.165, 1.54) is 6.07 Å².